The van der Waals surface area contributed by atoms with Gasteiger partial charge in [0.05, 0.1) is 18.1 Å². The van der Waals surface area contributed by atoms with E-state index in [0.717, 1.165) is 63.8 Å². The molecule has 1 saturated heterocycles. The summed E-state index contributed by atoms with van der Waals surface area (Å²) in [5.74, 6) is 0. The van der Waals surface area contributed by atoms with Crippen molar-refractivity contribution in [3.63, 3.8) is 0 Å². The Kier molecular flexibility index (Phi) is 6.62. The maximum absolute atomic E-state index is 12.0. The van der Waals surface area contributed by atoms with Crippen LogP contribution in [0.4, 0.5) is 4.79 Å². The summed E-state index contributed by atoms with van der Waals surface area (Å²) in [7, 11) is 0. The van der Waals surface area contributed by atoms with Gasteiger partial charge in [0.15, 0.2) is 0 Å². The van der Waals surface area contributed by atoms with Gasteiger partial charge >= 0.3 is 6.09 Å². The Bertz CT molecular complexity index is 678. The van der Waals surface area contributed by atoms with E-state index < -0.39 is 5.41 Å². The van der Waals surface area contributed by atoms with Gasteiger partial charge in [-0.2, -0.15) is 5.26 Å². The molecule has 1 aliphatic heterocycles. The predicted molar refractivity (Wildman–Crippen MR) is 106 cm³/mol. The summed E-state index contributed by atoms with van der Waals surface area (Å²) in [6.07, 6.45) is 4.53. The summed E-state index contributed by atoms with van der Waals surface area (Å²) in [6.45, 7) is 5.62. The van der Waals surface area contributed by atoms with Crippen molar-refractivity contribution < 1.29 is 9.53 Å². The predicted octanol–water partition coefficient (Wildman–Crippen LogP) is 4.21. The normalized spacial score (nSPS) is 26.9. The molecule has 0 bridgehead atoms. The van der Waals surface area contributed by atoms with Gasteiger partial charge in [0.25, 0.3) is 0 Å². The van der Waals surface area contributed by atoms with Gasteiger partial charge in [0.1, 0.15) is 0 Å². The molecule has 5 nitrogen and oxygen atoms in total. The number of hydrogen-bond acceptors (Lipinski definition) is 4. The number of ether oxygens (including phenoxy) is 1. The van der Waals surface area contributed by atoms with Gasteiger partial charge in [-0.3, -0.25) is 4.90 Å². The molecule has 1 aliphatic carbocycles. The summed E-state index contributed by atoms with van der Waals surface area (Å²) in [4.78, 5) is 16.3. The Morgan fingerprint density at radius 1 is 1.22 bits per heavy atom. The van der Waals surface area contributed by atoms with Crippen molar-refractivity contribution in [1.29, 1.82) is 5.26 Å². The lowest BCUT2D eigenvalue weighted by atomic mass is 9.69. The van der Waals surface area contributed by atoms with Crippen LogP contribution in [0, 0.1) is 11.3 Å². The van der Waals surface area contributed by atoms with E-state index in [1.807, 2.05) is 36.1 Å². The van der Waals surface area contributed by atoms with Gasteiger partial charge in [-0.05, 0) is 56.7 Å². The second-order valence-corrected chi connectivity index (χ2v) is 7.94. The first kappa shape index (κ1) is 20.0. The van der Waals surface area contributed by atoms with Crippen molar-refractivity contribution in [2.45, 2.75) is 50.5 Å². The fourth-order valence-electron chi connectivity index (χ4n) is 4.39. The smallest absolute Gasteiger partial charge is 0.409 e. The molecule has 2 aliphatic rings. The molecule has 27 heavy (non-hydrogen) atoms. The molecule has 0 spiro atoms. The highest BCUT2D eigenvalue weighted by Gasteiger charge is 2.39. The van der Waals surface area contributed by atoms with E-state index in [2.05, 4.69) is 11.0 Å². The van der Waals surface area contributed by atoms with E-state index in [4.69, 9.17) is 16.3 Å². The molecule has 2 fully saturated rings. The number of carbonyl (C=O) groups excluding carboxylic acids is 1. The fourth-order valence-corrected chi connectivity index (χ4v) is 4.52. The SMILES string of the molecule is CCOC(=O)N1CCCN(C2CCC(C#N)(c3ccc(Cl)cc3)CC2)CC1. The van der Waals surface area contributed by atoms with Gasteiger partial charge in [-0.1, -0.05) is 23.7 Å². The van der Waals surface area contributed by atoms with Crippen molar-refractivity contribution in [2.75, 3.05) is 32.8 Å². The van der Waals surface area contributed by atoms with Crippen LogP contribution in [0.1, 0.15) is 44.6 Å². The Morgan fingerprint density at radius 3 is 2.56 bits per heavy atom. The van der Waals surface area contributed by atoms with Gasteiger partial charge in [-0.25, -0.2) is 4.79 Å². The zero-order valence-electron chi connectivity index (χ0n) is 16.0. The van der Waals surface area contributed by atoms with Crippen LogP contribution in [-0.4, -0.2) is 54.7 Å². The highest BCUT2D eigenvalue weighted by atomic mass is 35.5. The maximum Gasteiger partial charge on any atom is 0.409 e. The van der Waals surface area contributed by atoms with Crippen LogP contribution in [0.5, 0.6) is 0 Å². The number of hydrogen-bond donors (Lipinski definition) is 0. The number of benzene rings is 1. The van der Waals surface area contributed by atoms with Gasteiger partial charge in [0, 0.05) is 37.2 Å². The molecule has 1 saturated carbocycles. The van der Waals surface area contributed by atoms with Crippen LogP contribution in [0.2, 0.25) is 5.02 Å². The third-order valence-electron chi connectivity index (χ3n) is 5.99. The number of nitriles is 1. The third-order valence-corrected chi connectivity index (χ3v) is 6.24. The molecular weight excluding hydrogens is 362 g/mol. The van der Waals surface area contributed by atoms with Crippen LogP contribution in [0.3, 0.4) is 0 Å². The molecule has 1 amide bonds. The first-order chi connectivity index (χ1) is 13.1. The number of carbonyl (C=O) groups is 1. The second-order valence-electron chi connectivity index (χ2n) is 7.51. The number of amides is 1. The zero-order valence-corrected chi connectivity index (χ0v) is 16.7. The van der Waals surface area contributed by atoms with E-state index in [1.165, 1.54) is 0 Å². The third kappa shape index (κ3) is 4.56. The highest BCUT2D eigenvalue weighted by Crippen LogP contribution is 2.40. The molecule has 146 valence electrons. The van der Waals surface area contributed by atoms with Crippen molar-refractivity contribution in [3.05, 3.63) is 34.9 Å². The lowest BCUT2D eigenvalue weighted by molar-refractivity contribution is 0.104. The highest BCUT2D eigenvalue weighted by molar-refractivity contribution is 6.30. The summed E-state index contributed by atoms with van der Waals surface area (Å²) < 4.78 is 5.14. The quantitative estimate of drug-likeness (QED) is 0.777. The molecule has 0 atom stereocenters. The number of nitrogens with zero attached hydrogens (tertiary/aromatic N) is 3. The van der Waals surface area contributed by atoms with Crippen molar-refractivity contribution >= 4 is 17.7 Å². The van der Waals surface area contributed by atoms with Crippen LogP contribution in [0.25, 0.3) is 0 Å². The molecule has 0 N–H and O–H groups in total. The number of rotatable bonds is 3. The van der Waals surface area contributed by atoms with Crippen molar-refractivity contribution in [2.24, 2.45) is 0 Å². The average Bonchev–Trinajstić information content (AvgIpc) is 2.95. The number of halogens is 1. The van der Waals surface area contributed by atoms with Crippen LogP contribution >= 0.6 is 11.6 Å². The van der Waals surface area contributed by atoms with Crippen molar-refractivity contribution in [3.8, 4) is 6.07 Å². The van der Waals surface area contributed by atoms with Crippen LogP contribution < -0.4 is 0 Å². The summed E-state index contributed by atoms with van der Waals surface area (Å²) in [5, 5.41) is 10.6. The zero-order chi connectivity index (χ0) is 19.3. The van der Waals surface area contributed by atoms with Gasteiger partial charge < -0.3 is 9.64 Å². The Labute approximate surface area is 166 Å². The first-order valence-corrected chi connectivity index (χ1v) is 10.3. The van der Waals surface area contributed by atoms with Crippen LogP contribution in [-0.2, 0) is 10.2 Å². The van der Waals surface area contributed by atoms with E-state index in [-0.39, 0.29) is 6.09 Å². The Hall–Kier alpha value is -1.77. The molecule has 3 rings (SSSR count). The lowest BCUT2D eigenvalue weighted by Crippen LogP contribution is -2.44. The molecule has 0 radical (unpaired) electrons. The molecule has 0 unspecified atom stereocenters. The fraction of sp³-hybridized carbons (Fsp3) is 0.619. The molecule has 1 heterocycles. The first-order valence-electron chi connectivity index (χ1n) is 9.91. The standard InChI is InChI=1S/C21H28ClN3O2/c1-2-27-20(26)25-13-3-12-24(14-15-25)19-8-10-21(16-23,11-9-19)17-4-6-18(22)7-5-17/h4-7,19H,2-3,8-15H2,1H3. The van der Waals surface area contributed by atoms with E-state index in [9.17, 15) is 10.1 Å². The maximum atomic E-state index is 12.0. The largest absolute Gasteiger partial charge is 0.450 e. The molecule has 6 heteroatoms. The average molecular weight is 390 g/mol. The minimum Gasteiger partial charge on any atom is -0.450 e. The summed E-state index contributed by atoms with van der Waals surface area (Å²) in [6, 6.07) is 10.8. The minimum absolute atomic E-state index is 0.200. The summed E-state index contributed by atoms with van der Waals surface area (Å²) in [5.41, 5.74) is 0.682. The Balaban J connectivity index is 1.59. The minimum atomic E-state index is -0.399. The van der Waals surface area contributed by atoms with Crippen LogP contribution in [0.15, 0.2) is 24.3 Å². The van der Waals surface area contributed by atoms with E-state index in [0.29, 0.717) is 17.7 Å². The van der Waals surface area contributed by atoms with E-state index in [1.54, 1.807) is 0 Å². The second kappa shape index (κ2) is 8.95. The van der Waals surface area contributed by atoms with Gasteiger partial charge in [0.2, 0.25) is 0 Å². The van der Waals surface area contributed by atoms with E-state index >= 15 is 0 Å². The molecule has 1 aromatic carbocycles. The Morgan fingerprint density at radius 2 is 1.93 bits per heavy atom. The molecular formula is C21H28ClN3O2. The lowest BCUT2D eigenvalue weighted by Gasteiger charge is -2.40. The van der Waals surface area contributed by atoms with Crippen molar-refractivity contribution in [1.82, 2.24) is 9.80 Å². The molecule has 1 aromatic rings. The summed E-state index contributed by atoms with van der Waals surface area (Å²) >= 11 is 6.01. The topological polar surface area (TPSA) is 56.6 Å². The monoisotopic (exact) mass is 389 g/mol. The van der Waals surface area contributed by atoms with Gasteiger partial charge in [-0.15, -0.1) is 0 Å². The molecule has 0 aromatic heterocycles.